The summed E-state index contributed by atoms with van der Waals surface area (Å²) >= 11 is 5.45. The Kier molecular flexibility index (Phi) is 7.37. The first-order valence-electron chi connectivity index (χ1n) is 5.05. The van der Waals surface area contributed by atoms with Crippen LogP contribution in [-0.4, -0.2) is 30.2 Å². The standard InChI is InChI=1S/C10H17ClN2O3/c1-3-4-8(9(14)15)6-13-10(16)12-5-7(2)11/h8H,2-6H2,1H3,(H,14,15)(H2,12,13,16). The number of carboxylic acid groups (broad SMARTS) is 1. The van der Waals surface area contributed by atoms with E-state index in [1.807, 2.05) is 6.92 Å². The predicted molar refractivity (Wildman–Crippen MR) is 62.4 cm³/mol. The molecule has 0 saturated carbocycles. The number of aliphatic carboxylic acids is 1. The number of nitrogens with one attached hydrogen (secondary N) is 2. The minimum atomic E-state index is -0.899. The molecule has 0 aliphatic rings. The molecule has 16 heavy (non-hydrogen) atoms. The number of amides is 2. The third kappa shape index (κ3) is 7.11. The second-order valence-electron chi connectivity index (χ2n) is 3.40. The number of halogens is 1. The van der Waals surface area contributed by atoms with Crippen LogP contribution in [0.2, 0.25) is 0 Å². The average Bonchev–Trinajstić information content (AvgIpc) is 2.20. The second kappa shape index (κ2) is 7.98. The zero-order chi connectivity index (χ0) is 12.6. The molecule has 0 aromatic heterocycles. The van der Waals surface area contributed by atoms with E-state index in [1.54, 1.807) is 0 Å². The third-order valence-corrected chi connectivity index (χ3v) is 2.07. The first-order valence-corrected chi connectivity index (χ1v) is 5.43. The summed E-state index contributed by atoms with van der Waals surface area (Å²) in [6.45, 7) is 5.59. The molecule has 5 nitrogen and oxygen atoms in total. The van der Waals surface area contributed by atoms with Gasteiger partial charge in [-0.25, -0.2) is 4.79 Å². The Labute approximate surface area is 99.9 Å². The van der Waals surface area contributed by atoms with Crippen LogP contribution in [0.25, 0.3) is 0 Å². The summed E-state index contributed by atoms with van der Waals surface area (Å²) in [5, 5.41) is 14.1. The summed E-state index contributed by atoms with van der Waals surface area (Å²) < 4.78 is 0. The quantitative estimate of drug-likeness (QED) is 0.640. The summed E-state index contributed by atoms with van der Waals surface area (Å²) in [6.07, 6.45) is 1.30. The molecule has 0 heterocycles. The molecule has 0 radical (unpaired) electrons. The van der Waals surface area contributed by atoms with Crippen molar-refractivity contribution < 1.29 is 14.7 Å². The Bertz CT molecular complexity index is 269. The molecule has 1 unspecified atom stereocenters. The van der Waals surface area contributed by atoms with E-state index in [0.717, 1.165) is 6.42 Å². The van der Waals surface area contributed by atoms with Gasteiger partial charge in [-0.15, -0.1) is 0 Å². The molecule has 0 aromatic rings. The molecule has 0 saturated heterocycles. The first kappa shape index (κ1) is 14.8. The van der Waals surface area contributed by atoms with Crippen LogP contribution in [0.3, 0.4) is 0 Å². The van der Waals surface area contributed by atoms with Crippen molar-refractivity contribution in [3.63, 3.8) is 0 Å². The normalized spacial score (nSPS) is 11.6. The zero-order valence-electron chi connectivity index (χ0n) is 9.25. The molecule has 0 aromatic carbocycles. The van der Waals surface area contributed by atoms with Gasteiger partial charge in [-0.1, -0.05) is 31.5 Å². The van der Waals surface area contributed by atoms with E-state index < -0.39 is 17.9 Å². The molecule has 0 aliphatic carbocycles. The summed E-state index contributed by atoms with van der Waals surface area (Å²) in [5.74, 6) is -1.45. The van der Waals surface area contributed by atoms with Gasteiger partial charge < -0.3 is 15.7 Å². The molecular weight excluding hydrogens is 232 g/mol. The maximum atomic E-state index is 11.2. The third-order valence-electron chi connectivity index (χ3n) is 1.94. The van der Waals surface area contributed by atoms with Crippen molar-refractivity contribution >= 4 is 23.6 Å². The summed E-state index contributed by atoms with van der Waals surface area (Å²) in [4.78, 5) is 21.9. The van der Waals surface area contributed by atoms with Crippen LogP contribution in [0.5, 0.6) is 0 Å². The van der Waals surface area contributed by atoms with Crippen LogP contribution in [0.4, 0.5) is 4.79 Å². The Morgan fingerprint density at radius 2 is 2.06 bits per heavy atom. The summed E-state index contributed by atoms with van der Waals surface area (Å²) in [6, 6.07) is -0.441. The van der Waals surface area contributed by atoms with E-state index >= 15 is 0 Å². The fourth-order valence-corrected chi connectivity index (χ4v) is 1.18. The molecule has 0 fully saturated rings. The van der Waals surface area contributed by atoms with E-state index in [-0.39, 0.29) is 13.1 Å². The van der Waals surface area contributed by atoms with Gasteiger partial charge in [0.15, 0.2) is 0 Å². The van der Waals surface area contributed by atoms with Crippen molar-refractivity contribution in [1.29, 1.82) is 0 Å². The van der Waals surface area contributed by atoms with Crippen molar-refractivity contribution in [3.8, 4) is 0 Å². The van der Waals surface area contributed by atoms with E-state index in [1.165, 1.54) is 0 Å². The summed E-state index contributed by atoms with van der Waals surface area (Å²) in [7, 11) is 0. The number of carbonyl (C=O) groups excluding carboxylic acids is 1. The number of hydrogen-bond donors (Lipinski definition) is 3. The van der Waals surface area contributed by atoms with Crippen LogP contribution in [0.1, 0.15) is 19.8 Å². The predicted octanol–water partition coefficient (Wildman–Crippen LogP) is 1.54. The molecule has 2 amide bonds. The zero-order valence-corrected chi connectivity index (χ0v) is 10.0. The van der Waals surface area contributed by atoms with Crippen LogP contribution in [0, 0.1) is 5.92 Å². The Morgan fingerprint density at radius 1 is 1.44 bits per heavy atom. The van der Waals surface area contributed by atoms with Gasteiger partial charge in [0.05, 0.1) is 12.5 Å². The Balaban J connectivity index is 3.87. The molecule has 0 spiro atoms. The average molecular weight is 249 g/mol. The largest absolute Gasteiger partial charge is 0.481 e. The van der Waals surface area contributed by atoms with Crippen LogP contribution in [-0.2, 0) is 4.79 Å². The number of urea groups is 1. The number of rotatable bonds is 7. The highest BCUT2D eigenvalue weighted by Crippen LogP contribution is 2.04. The van der Waals surface area contributed by atoms with Crippen molar-refractivity contribution in [2.75, 3.05) is 13.1 Å². The lowest BCUT2D eigenvalue weighted by atomic mass is 10.0. The maximum absolute atomic E-state index is 11.2. The Hall–Kier alpha value is -1.23. The molecule has 0 rings (SSSR count). The van der Waals surface area contributed by atoms with Gasteiger partial charge in [0.25, 0.3) is 0 Å². The minimum absolute atomic E-state index is 0.115. The molecule has 1 atom stereocenters. The van der Waals surface area contributed by atoms with E-state index in [2.05, 4.69) is 17.2 Å². The number of carbonyl (C=O) groups is 2. The summed E-state index contributed by atoms with van der Waals surface area (Å²) in [5.41, 5.74) is 0. The molecule has 0 bridgehead atoms. The first-order chi connectivity index (χ1) is 7.47. The topological polar surface area (TPSA) is 78.4 Å². The van der Waals surface area contributed by atoms with Crippen molar-refractivity contribution in [3.05, 3.63) is 11.6 Å². The highest BCUT2D eigenvalue weighted by atomic mass is 35.5. The highest BCUT2D eigenvalue weighted by Gasteiger charge is 2.16. The second-order valence-corrected chi connectivity index (χ2v) is 3.94. The maximum Gasteiger partial charge on any atom is 0.315 e. The minimum Gasteiger partial charge on any atom is -0.481 e. The lowest BCUT2D eigenvalue weighted by Gasteiger charge is -2.12. The van der Waals surface area contributed by atoms with Crippen molar-refractivity contribution in [1.82, 2.24) is 10.6 Å². The smallest absolute Gasteiger partial charge is 0.315 e. The fourth-order valence-electron chi connectivity index (χ4n) is 1.12. The van der Waals surface area contributed by atoms with Gasteiger partial charge in [0, 0.05) is 11.6 Å². The van der Waals surface area contributed by atoms with Gasteiger partial charge in [-0.3, -0.25) is 4.79 Å². The van der Waals surface area contributed by atoms with E-state index in [9.17, 15) is 9.59 Å². The monoisotopic (exact) mass is 248 g/mol. The van der Waals surface area contributed by atoms with Crippen molar-refractivity contribution in [2.45, 2.75) is 19.8 Å². The number of carboxylic acids is 1. The molecule has 0 aliphatic heterocycles. The van der Waals surface area contributed by atoms with E-state index in [4.69, 9.17) is 16.7 Å². The van der Waals surface area contributed by atoms with Gasteiger partial charge in [-0.2, -0.15) is 0 Å². The fraction of sp³-hybridized carbons (Fsp3) is 0.600. The van der Waals surface area contributed by atoms with Gasteiger partial charge in [0.2, 0.25) is 0 Å². The van der Waals surface area contributed by atoms with Crippen LogP contribution >= 0.6 is 11.6 Å². The van der Waals surface area contributed by atoms with Gasteiger partial charge in [0.1, 0.15) is 0 Å². The van der Waals surface area contributed by atoms with Gasteiger partial charge in [-0.05, 0) is 6.42 Å². The molecule has 3 N–H and O–H groups in total. The number of hydrogen-bond acceptors (Lipinski definition) is 2. The lowest BCUT2D eigenvalue weighted by molar-refractivity contribution is -0.141. The molecular formula is C10H17ClN2O3. The van der Waals surface area contributed by atoms with Gasteiger partial charge >= 0.3 is 12.0 Å². The molecule has 92 valence electrons. The Morgan fingerprint density at radius 3 is 2.50 bits per heavy atom. The van der Waals surface area contributed by atoms with Crippen molar-refractivity contribution in [2.24, 2.45) is 5.92 Å². The SMILES string of the molecule is C=C(Cl)CNC(=O)NCC(CCC)C(=O)O. The lowest BCUT2D eigenvalue weighted by Crippen LogP contribution is -2.40. The molecule has 6 heteroatoms. The highest BCUT2D eigenvalue weighted by molar-refractivity contribution is 6.29. The van der Waals surface area contributed by atoms with Crippen LogP contribution < -0.4 is 10.6 Å². The van der Waals surface area contributed by atoms with Crippen LogP contribution in [0.15, 0.2) is 11.6 Å². The van der Waals surface area contributed by atoms with E-state index in [0.29, 0.717) is 11.5 Å².